The van der Waals surface area contributed by atoms with Crippen LogP contribution >= 0.6 is 24.4 Å². The number of nitrogen functional groups attached to an aromatic ring is 2. The summed E-state index contributed by atoms with van der Waals surface area (Å²) in [4.78, 5) is 20.8. The van der Waals surface area contributed by atoms with Crippen LogP contribution in [-0.2, 0) is 73.2 Å². The zero-order chi connectivity index (χ0) is 65.2. The van der Waals surface area contributed by atoms with E-state index in [0.29, 0.717) is 18.1 Å². The molecule has 8 aromatic rings. The van der Waals surface area contributed by atoms with E-state index in [-0.39, 0.29) is 80.7 Å². The Morgan fingerprint density at radius 1 is 0.467 bits per heavy atom. The minimum Gasteiger partial charge on any atom is -0.396 e. The van der Waals surface area contributed by atoms with Gasteiger partial charge in [-0.3, -0.25) is 22.4 Å². The van der Waals surface area contributed by atoms with Crippen LogP contribution < -0.4 is 38.1 Å². The van der Waals surface area contributed by atoms with Crippen molar-refractivity contribution in [3.05, 3.63) is 121 Å². The number of azo groups is 2. The van der Waals surface area contributed by atoms with Crippen LogP contribution in [0, 0.1) is 6.08 Å². The summed E-state index contributed by atoms with van der Waals surface area (Å²) >= 11 is 0.537. The van der Waals surface area contributed by atoms with Gasteiger partial charge in [0.15, 0.2) is 22.2 Å². The van der Waals surface area contributed by atoms with Gasteiger partial charge in [0.25, 0.3) is 40.5 Å². The van der Waals surface area contributed by atoms with Gasteiger partial charge in [-0.2, -0.15) is 68.0 Å². The molecule has 8 rings (SSSR count). The number of nitrogens with one attached hydrogen (secondary N) is 5. The normalized spacial score (nSPS) is 12.3. The van der Waals surface area contributed by atoms with Crippen molar-refractivity contribution in [3.63, 3.8) is 0 Å². The minimum atomic E-state index is -5.31. The van der Waals surface area contributed by atoms with E-state index < -0.39 is 122 Å². The predicted molar refractivity (Wildman–Crippen MR) is 312 cm³/mol. The molecule has 0 fully saturated rings. The standard InChI is InChI=1S/C44H38FN17O21S7/c45-39-53-40(48-22-7-11-27(12-8-22)86(65,66)16-15-79-85-83-81-64)55-41(54-39)51-25-9-13-33(84-82-80-63)30(19-25)59-62-38-36(46)32(21-35(37(38)47)90(76,77)78)61-60-31-20-26(10-14-34(31)89(73,74)75)52-44-57-42(49-23-3-1-5-28(17-23)87(67,68)69)56-43(58-44)50-24-4-2-6-29(18-24)88(70,71)72/h1-14,17-21,63-64H,15-16,46-47H2,(H,67,68,69)(H,70,71,72)(H,73,74,75)(H,76,77,78)(H2,48,51,53,54,55)(H3,49,50,52,56,57,58). The maximum atomic E-state index is 14.8. The van der Waals surface area contributed by atoms with E-state index in [1.807, 2.05) is 0 Å². The number of aromatic nitrogens is 6. The van der Waals surface area contributed by atoms with Crippen molar-refractivity contribution in [3.8, 4) is 0 Å². The van der Waals surface area contributed by atoms with Gasteiger partial charge in [0.2, 0.25) is 29.7 Å². The number of sulfone groups is 1. The van der Waals surface area contributed by atoms with Crippen LogP contribution in [0.1, 0.15) is 0 Å². The number of halogens is 1. The van der Waals surface area contributed by atoms with E-state index in [2.05, 4.69) is 95.7 Å². The molecule has 0 spiro atoms. The molecule has 0 bridgehead atoms. The summed E-state index contributed by atoms with van der Waals surface area (Å²) in [6.45, 7) is -0.346. The van der Waals surface area contributed by atoms with Gasteiger partial charge in [-0.05, 0) is 103 Å². The topological polar surface area (TPSA) is 577 Å². The molecular formula is C44H38FN17O21S7. The fourth-order valence-electron chi connectivity index (χ4n) is 7.16. The highest BCUT2D eigenvalue weighted by Crippen LogP contribution is 2.45. The van der Waals surface area contributed by atoms with Crippen LogP contribution in [0.25, 0.3) is 0 Å². The molecule has 0 aliphatic heterocycles. The van der Waals surface area contributed by atoms with Gasteiger partial charge in [-0.1, -0.05) is 22.2 Å². The first-order valence-electron chi connectivity index (χ1n) is 23.7. The smallest absolute Gasteiger partial charge is 0.315 e. The molecule has 38 nitrogen and oxygen atoms in total. The molecular weight excluding hydrogens is 1350 g/mol. The molecule has 0 saturated carbocycles. The van der Waals surface area contributed by atoms with E-state index in [1.54, 1.807) is 0 Å². The Bertz CT molecular complexity index is 4590. The van der Waals surface area contributed by atoms with E-state index in [1.165, 1.54) is 66.7 Å². The van der Waals surface area contributed by atoms with Gasteiger partial charge in [-0.25, -0.2) is 18.9 Å². The minimum absolute atomic E-state index is 0.00594. The molecule has 2 aromatic heterocycles. The summed E-state index contributed by atoms with van der Waals surface area (Å²) in [7, 11) is -23.8. The lowest BCUT2D eigenvalue weighted by Crippen LogP contribution is -2.11. The molecule has 0 radical (unpaired) electrons. The van der Waals surface area contributed by atoms with E-state index >= 15 is 0 Å². The Hall–Kier alpha value is -8.92. The molecule has 6 aromatic carbocycles. The summed E-state index contributed by atoms with van der Waals surface area (Å²) in [5.41, 5.74) is 8.85. The number of anilines is 12. The highest BCUT2D eigenvalue weighted by atomic mass is 32.2. The molecule has 0 aliphatic rings. The van der Waals surface area contributed by atoms with Gasteiger partial charge in [0.05, 0.1) is 55.4 Å². The van der Waals surface area contributed by atoms with Crippen LogP contribution in [0.3, 0.4) is 0 Å². The summed E-state index contributed by atoms with van der Waals surface area (Å²) in [6.07, 6.45) is -1.30. The number of nitrogens with zero attached hydrogens (tertiary/aromatic N) is 10. The third-order valence-electron chi connectivity index (χ3n) is 11.0. The first-order valence-corrected chi connectivity index (χ1v) is 32.5. The van der Waals surface area contributed by atoms with E-state index in [0.717, 1.165) is 42.5 Å². The number of benzene rings is 6. The monoisotopic (exact) mass is 1380 g/mol. The molecule has 90 heavy (non-hydrogen) atoms. The van der Waals surface area contributed by atoms with Gasteiger partial charge in [0.1, 0.15) is 32.5 Å². The number of hydrogen-bond acceptors (Lipinski definition) is 36. The molecule has 15 N–H and O–H groups in total. The Labute approximate surface area is 513 Å². The quantitative estimate of drug-likeness (QED) is 0.00419. The molecule has 474 valence electrons. The first-order chi connectivity index (χ1) is 42.4. The highest BCUT2D eigenvalue weighted by Gasteiger charge is 2.25. The summed E-state index contributed by atoms with van der Waals surface area (Å²) in [5, 5.41) is 53.5. The Morgan fingerprint density at radius 3 is 1.43 bits per heavy atom. The number of rotatable bonds is 28. The second-order valence-corrected chi connectivity index (χ2v) is 26.1. The lowest BCUT2D eigenvalue weighted by Gasteiger charge is -2.13. The maximum Gasteiger partial charge on any atom is 0.315 e. The molecule has 0 amide bonds. The van der Waals surface area contributed by atoms with Gasteiger partial charge in [0, 0.05) is 28.4 Å². The average Bonchev–Trinajstić information content (AvgIpc) is 2.30. The molecule has 2 heterocycles. The molecule has 0 aliphatic carbocycles. The Balaban J connectivity index is 1.10. The van der Waals surface area contributed by atoms with Crippen molar-refractivity contribution in [2.24, 2.45) is 20.5 Å². The largest absolute Gasteiger partial charge is 0.396 e. The number of hydrogen-bond donors (Lipinski definition) is 13. The zero-order valence-corrected chi connectivity index (χ0v) is 49.8. The van der Waals surface area contributed by atoms with E-state index in [4.69, 9.17) is 26.2 Å². The lowest BCUT2D eigenvalue weighted by atomic mass is 10.2. The SMILES string of the molecule is Nc1c(N=Nc2cc(Nc3nc(Nc4cccc(S(=O)(=O)O)c4)nc(Nc4cccc(S(=O)(=O)O)c4)n3)ccc2S(=O)(=O)O)cc(S(=O)(=O)O)c(N)c1N=Nc1cc(Nc2nc(F)nc(Nc3ccc(S(=O)(=O)CCOSOOO)cc3)n2)ccc1SOOO. The average molecular weight is 1380 g/mol. The van der Waals surface area contributed by atoms with Crippen LogP contribution in [0.15, 0.2) is 165 Å². The molecule has 0 unspecified atom stereocenters. The van der Waals surface area contributed by atoms with Crippen molar-refractivity contribution in [2.75, 3.05) is 50.4 Å². The van der Waals surface area contributed by atoms with Gasteiger partial charge in [-0.15, -0.1) is 29.1 Å². The summed E-state index contributed by atoms with van der Waals surface area (Å²) in [5.74, 6) is -2.38. The van der Waals surface area contributed by atoms with Crippen molar-refractivity contribution >= 4 is 167 Å². The van der Waals surface area contributed by atoms with Gasteiger partial charge < -0.3 is 38.1 Å². The molecule has 0 saturated heterocycles. The Morgan fingerprint density at radius 2 is 0.922 bits per heavy atom. The number of nitrogens with two attached hydrogens (primary N) is 2. The fourth-order valence-corrected chi connectivity index (χ4v) is 11.3. The first kappa shape index (κ1) is 67.0. The van der Waals surface area contributed by atoms with Crippen LogP contribution in [0.5, 0.6) is 0 Å². The van der Waals surface area contributed by atoms with Gasteiger partial charge >= 0.3 is 6.08 Å². The maximum absolute atomic E-state index is 14.8. The Kier molecular flexibility index (Phi) is 21.1. The summed E-state index contributed by atoms with van der Waals surface area (Å²) in [6, 6.07) is 21.8. The van der Waals surface area contributed by atoms with E-state index in [9.17, 15) is 64.7 Å². The molecule has 0 atom stereocenters. The van der Waals surface area contributed by atoms with Crippen molar-refractivity contribution in [2.45, 2.75) is 29.4 Å². The van der Waals surface area contributed by atoms with Crippen molar-refractivity contribution in [1.29, 1.82) is 0 Å². The van der Waals surface area contributed by atoms with Crippen LogP contribution in [0.2, 0.25) is 0 Å². The summed E-state index contributed by atoms with van der Waals surface area (Å²) < 4.78 is 192. The second kappa shape index (κ2) is 28.3. The lowest BCUT2D eigenvalue weighted by molar-refractivity contribution is -0.434. The second-order valence-electron chi connectivity index (χ2n) is 17.1. The third-order valence-corrected chi connectivity index (χ3v) is 17.2. The van der Waals surface area contributed by atoms with Crippen molar-refractivity contribution in [1.82, 2.24) is 29.9 Å². The zero-order valence-electron chi connectivity index (χ0n) is 44.1. The molecule has 46 heteroatoms. The van der Waals surface area contributed by atoms with Crippen LogP contribution in [-0.4, -0.2) is 113 Å². The van der Waals surface area contributed by atoms with Crippen molar-refractivity contribution < 1.29 is 98.1 Å². The third kappa shape index (κ3) is 18.1. The highest BCUT2D eigenvalue weighted by molar-refractivity contribution is 7.94. The van der Waals surface area contributed by atoms with Crippen LogP contribution in [0.4, 0.5) is 96.7 Å². The predicted octanol–water partition coefficient (Wildman–Crippen LogP) is 8.10. The fraction of sp³-hybridized carbons (Fsp3) is 0.0455.